The first-order chi connectivity index (χ1) is 13.2. The highest BCUT2D eigenvalue weighted by Gasteiger charge is 2.32. The minimum atomic E-state index is -4.47. The van der Waals surface area contributed by atoms with Gasteiger partial charge in [0.25, 0.3) is 0 Å². The van der Waals surface area contributed by atoms with Gasteiger partial charge in [0.15, 0.2) is 0 Å². The monoisotopic (exact) mass is 410 g/mol. The summed E-state index contributed by atoms with van der Waals surface area (Å²) in [6.45, 7) is 1.90. The van der Waals surface area contributed by atoms with Gasteiger partial charge >= 0.3 is 18.1 Å². The van der Waals surface area contributed by atoms with Crippen molar-refractivity contribution in [1.82, 2.24) is 9.78 Å². The molecule has 1 fully saturated rings. The number of alkyl halides is 3. The maximum atomic E-state index is 13.0. The minimum absolute atomic E-state index is 0.201. The summed E-state index contributed by atoms with van der Waals surface area (Å²) in [4.78, 5) is 24.6. The Kier molecular flexibility index (Phi) is 4.37. The Hall–Kier alpha value is -2.88. The predicted molar refractivity (Wildman–Crippen MR) is 93.5 cm³/mol. The second-order valence-corrected chi connectivity index (χ2v) is 7.26. The smallest absolute Gasteiger partial charge is 0.416 e. The van der Waals surface area contributed by atoms with Crippen molar-refractivity contribution < 1.29 is 32.2 Å². The van der Waals surface area contributed by atoms with Gasteiger partial charge in [0.05, 0.1) is 23.6 Å². The lowest BCUT2D eigenvalue weighted by Crippen LogP contribution is -2.22. The van der Waals surface area contributed by atoms with Gasteiger partial charge < -0.3 is 9.47 Å². The van der Waals surface area contributed by atoms with E-state index in [1.807, 2.05) is 0 Å². The van der Waals surface area contributed by atoms with Crippen LogP contribution in [0, 0.1) is 6.92 Å². The summed E-state index contributed by atoms with van der Waals surface area (Å²) in [6.07, 6.45) is -5.11. The number of aryl methyl sites for hydroxylation is 1. The number of cyclic esters (lactones) is 1. The molecule has 1 aliphatic rings. The van der Waals surface area contributed by atoms with E-state index in [-0.39, 0.29) is 17.2 Å². The molecule has 0 bridgehead atoms. The fourth-order valence-corrected chi connectivity index (χ4v) is 3.97. The van der Waals surface area contributed by atoms with E-state index in [1.54, 1.807) is 13.0 Å². The van der Waals surface area contributed by atoms with Crippen LogP contribution in [0.15, 0.2) is 30.3 Å². The summed E-state index contributed by atoms with van der Waals surface area (Å²) in [6, 6.07) is 6.35. The van der Waals surface area contributed by atoms with Gasteiger partial charge in [-0.25, -0.2) is 14.3 Å². The number of aromatic nitrogens is 2. The van der Waals surface area contributed by atoms with E-state index in [1.165, 1.54) is 16.8 Å². The zero-order valence-corrected chi connectivity index (χ0v) is 15.3. The molecular formula is C18H13F3N2O4S. The van der Waals surface area contributed by atoms with Crippen LogP contribution < -0.4 is 0 Å². The molecule has 3 aromatic rings. The number of ether oxygens (including phenoxy) is 2. The zero-order valence-electron chi connectivity index (χ0n) is 14.4. The van der Waals surface area contributed by atoms with E-state index in [0.29, 0.717) is 22.3 Å². The summed E-state index contributed by atoms with van der Waals surface area (Å²) in [7, 11) is 0. The Bertz CT molecular complexity index is 1090. The summed E-state index contributed by atoms with van der Waals surface area (Å²) in [5.74, 6) is -1.26. The van der Waals surface area contributed by atoms with Crippen LogP contribution in [0.5, 0.6) is 0 Å². The van der Waals surface area contributed by atoms with Crippen molar-refractivity contribution in [3.63, 3.8) is 0 Å². The van der Waals surface area contributed by atoms with Gasteiger partial charge in [0.2, 0.25) is 6.10 Å². The molecule has 0 radical (unpaired) electrons. The summed E-state index contributed by atoms with van der Waals surface area (Å²) in [5, 5.41) is 4.92. The first kappa shape index (κ1) is 18.5. The van der Waals surface area contributed by atoms with Gasteiger partial charge in [-0.15, -0.1) is 11.3 Å². The largest absolute Gasteiger partial charge is 0.463 e. The number of thiophene rings is 1. The molecule has 0 aliphatic carbocycles. The molecule has 0 N–H and O–H groups in total. The molecule has 0 amide bonds. The Balaban J connectivity index is 1.70. The highest BCUT2D eigenvalue weighted by atomic mass is 32.1. The molecule has 1 aliphatic heterocycles. The molecule has 146 valence electrons. The number of hydrogen-bond acceptors (Lipinski definition) is 6. The fraction of sp³-hybridized carbons (Fsp3) is 0.278. The lowest BCUT2D eigenvalue weighted by Gasteiger charge is -2.09. The average Bonchev–Trinajstić information content (AvgIpc) is 3.32. The van der Waals surface area contributed by atoms with E-state index in [4.69, 9.17) is 9.47 Å². The van der Waals surface area contributed by atoms with Crippen molar-refractivity contribution in [3.8, 4) is 5.69 Å². The molecule has 4 rings (SSSR count). The molecule has 6 nitrogen and oxygen atoms in total. The van der Waals surface area contributed by atoms with E-state index >= 15 is 0 Å². The minimum Gasteiger partial charge on any atom is -0.463 e. The first-order valence-electron chi connectivity index (χ1n) is 8.28. The quantitative estimate of drug-likeness (QED) is 0.613. The van der Waals surface area contributed by atoms with Crippen LogP contribution in [0.4, 0.5) is 13.2 Å². The van der Waals surface area contributed by atoms with Crippen molar-refractivity contribution in [2.45, 2.75) is 25.6 Å². The third-order valence-electron chi connectivity index (χ3n) is 4.30. The molecule has 28 heavy (non-hydrogen) atoms. The maximum Gasteiger partial charge on any atom is 0.416 e. The van der Waals surface area contributed by atoms with E-state index in [0.717, 1.165) is 23.5 Å². The molecule has 3 heterocycles. The lowest BCUT2D eigenvalue weighted by atomic mass is 10.2. The van der Waals surface area contributed by atoms with Crippen LogP contribution in [0.2, 0.25) is 0 Å². The van der Waals surface area contributed by atoms with Gasteiger partial charge in [-0.2, -0.15) is 18.3 Å². The Morgan fingerprint density at radius 1 is 1.36 bits per heavy atom. The van der Waals surface area contributed by atoms with Crippen molar-refractivity contribution in [1.29, 1.82) is 0 Å². The number of carbonyl (C=O) groups is 2. The number of hydrogen-bond donors (Lipinski definition) is 0. The molecule has 1 aromatic carbocycles. The number of benzene rings is 1. The zero-order chi connectivity index (χ0) is 20.1. The van der Waals surface area contributed by atoms with Gasteiger partial charge in [0.1, 0.15) is 9.71 Å². The van der Waals surface area contributed by atoms with Crippen LogP contribution >= 0.6 is 11.3 Å². The van der Waals surface area contributed by atoms with Gasteiger partial charge in [-0.05, 0) is 31.2 Å². The highest BCUT2D eigenvalue weighted by Crippen LogP contribution is 2.34. The van der Waals surface area contributed by atoms with Crippen LogP contribution in [0.3, 0.4) is 0 Å². The molecule has 1 atom stereocenters. The second kappa shape index (κ2) is 6.62. The third-order valence-corrected chi connectivity index (χ3v) is 5.39. The van der Waals surface area contributed by atoms with Crippen molar-refractivity contribution in [2.24, 2.45) is 0 Å². The molecule has 0 spiro atoms. The molecule has 0 unspecified atom stereocenters. The summed E-state index contributed by atoms with van der Waals surface area (Å²) < 4.78 is 50.3. The van der Waals surface area contributed by atoms with Crippen LogP contribution in [-0.2, 0) is 20.4 Å². The normalized spacial score (nSPS) is 17.1. The highest BCUT2D eigenvalue weighted by molar-refractivity contribution is 7.20. The topological polar surface area (TPSA) is 70.4 Å². The average molecular weight is 410 g/mol. The molecular weight excluding hydrogens is 397 g/mol. The van der Waals surface area contributed by atoms with E-state index in [9.17, 15) is 22.8 Å². The van der Waals surface area contributed by atoms with Gasteiger partial charge in [0, 0.05) is 11.8 Å². The van der Waals surface area contributed by atoms with Crippen molar-refractivity contribution in [2.75, 3.05) is 6.61 Å². The number of nitrogens with zero attached hydrogens (tertiary/aromatic N) is 2. The molecule has 2 aromatic heterocycles. The van der Waals surface area contributed by atoms with Crippen LogP contribution in [-0.4, -0.2) is 34.4 Å². The number of rotatable bonds is 3. The number of esters is 2. The van der Waals surface area contributed by atoms with Gasteiger partial charge in [-0.3, -0.25) is 0 Å². The Morgan fingerprint density at radius 2 is 2.14 bits per heavy atom. The second-order valence-electron chi connectivity index (χ2n) is 6.22. The SMILES string of the molecule is Cc1nn(-c2cccc(C(F)(F)F)c2)c2sc(C(=O)O[C@H]3CCOC3=O)cc12. The number of fused-ring (bicyclic) bond motifs is 1. The fourth-order valence-electron chi connectivity index (χ4n) is 2.91. The van der Waals surface area contributed by atoms with E-state index in [2.05, 4.69) is 5.10 Å². The van der Waals surface area contributed by atoms with Gasteiger partial charge in [-0.1, -0.05) is 6.07 Å². The Labute approximate surface area is 160 Å². The van der Waals surface area contributed by atoms with Crippen molar-refractivity contribution in [3.05, 3.63) is 46.5 Å². The predicted octanol–water partition coefficient (Wildman–Crippen LogP) is 3.89. The lowest BCUT2D eigenvalue weighted by molar-refractivity contribution is -0.145. The number of carbonyl (C=O) groups excluding carboxylic acids is 2. The molecule has 10 heteroatoms. The summed E-state index contributed by atoms with van der Waals surface area (Å²) in [5.41, 5.74) is -0.000658. The molecule has 0 saturated carbocycles. The van der Waals surface area contributed by atoms with E-state index < -0.39 is 29.8 Å². The van der Waals surface area contributed by atoms with Crippen molar-refractivity contribution >= 4 is 33.5 Å². The first-order valence-corrected chi connectivity index (χ1v) is 9.10. The van der Waals surface area contributed by atoms with Crippen LogP contribution in [0.25, 0.3) is 15.9 Å². The third kappa shape index (κ3) is 3.24. The standard InChI is InChI=1S/C18H13F3N2O4S/c1-9-12-8-14(17(25)27-13-5-6-26-16(13)24)28-15(12)23(22-9)11-4-2-3-10(7-11)18(19,20)21/h2-4,7-8,13H,5-6H2,1H3/t13-/m0/s1. The maximum absolute atomic E-state index is 13.0. The van der Waals surface area contributed by atoms with Crippen LogP contribution in [0.1, 0.15) is 27.3 Å². The molecule has 1 saturated heterocycles. The summed E-state index contributed by atoms with van der Waals surface area (Å²) >= 11 is 1.04. The Morgan fingerprint density at radius 3 is 2.82 bits per heavy atom. The number of halogens is 3.